The molecule has 7 rings (SSSR count). The largest absolute Gasteiger partial charge is 0.347 e. The van der Waals surface area contributed by atoms with E-state index in [9.17, 15) is 9.59 Å². The van der Waals surface area contributed by atoms with Crippen LogP contribution in [0.3, 0.4) is 0 Å². The molecule has 0 saturated heterocycles. The molecule has 6 aromatic rings. The highest BCUT2D eigenvalue weighted by Crippen LogP contribution is 2.34. The predicted molar refractivity (Wildman–Crippen MR) is 170 cm³/mol. The molecule has 0 bridgehead atoms. The van der Waals surface area contributed by atoms with Gasteiger partial charge in [0, 0.05) is 30.3 Å². The molecule has 2 aromatic heterocycles. The minimum atomic E-state index is -0.195. The lowest BCUT2D eigenvalue weighted by Crippen LogP contribution is -2.31. The first-order chi connectivity index (χ1) is 21.1. The molecule has 210 valence electrons. The van der Waals surface area contributed by atoms with Gasteiger partial charge in [0.15, 0.2) is 0 Å². The van der Waals surface area contributed by atoms with Crippen molar-refractivity contribution in [2.45, 2.75) is 19.6 Å². The first-order valence-electron chi connectivity index (χ1n) is 14.1. The first-order valence-corrected chi connectivity index (χ1v) is 14.5. The second-order valence-electron chi connectivity index (χ2n) is 10.6. The quantitative estimate of drug-likeness (QED) is 0.229. The van der Waals surface area contributed by atoms with Crippen LogP contribution < -0.4 is 10.2 Å². The number of carbonyl (C=O) groups excluding carboxylic acids is 2. The van der Waals surface area contributed by atoms with E-state index in [1.165, 1.54) is 0 Å². The fourth-order valence-corrected chi connectivity index (χ4v) is 6.05. The van der Waals surface area contributed by atoms with Gasteiger partial charge in [0.1, 0.15) is 5.69 Å². The van der Waals surface area contributed by atoms with Crippen LogP contribution in [0.5, 0.6) is 0 Å². The fourth-order valence-electron chi connectivity index (χ4n) is 5.79. The van der Waals surface area contributed by atoms with E-state index in [2.05, 4.69) is 34.6 Å². The Labute approximate surface area is 254 Å². The number of nitrogens with one attached hydrogen (secondary N) is 1. The van der Waals surface area contributed by atoms with E-state index in [1.54, 1.807) is 17.3 Å². The van der Waals surface area contributed by atoms with Crippen LogP contribution in [-0.4, -0.2) is 21.4 Å². The first kappa shape index (κ1) is 26.7. The van der Waals surface area contributed by atoms with Gasteiger partial charge in [-0.05, 0) is 69.4 Å². The van der Waals surface area contributed by atoms with Gasteiger partial charge >= 0.3 is 0 Å². The third-order valence-corrected chi connectivity index (χ3v) is 8.27. The summed E-state index contributed by atoms with van der Waals surface area (Å²) in [5.41, 5.74) is 6.50. The molecule has 4 aromatic carbocycles. The Hall–Kier alpha value is -5.20. The number of aromatic nitrogens is 2. The van der Waals surface area contributed by atoms with Crippen LogP contribution in [0.1, 0.15) is 37.7 Å². The van der Waals surface area contributed by atoms with E-state index in [0.717, 1.165) is 44.4 Å². The fraction of sp³-hybridized carbons (Fsp3) is 0.0833. The van der Waals surface area contributed by atoms with Gasteiger partial charge in [0.2, 0.25) is 0 Å². The van der Waals surface area contributed by atoms with Gasteiger partial charge in [-0.25, -0.2) is 0 Å². The van der Waals surface area contributed by atoms with Crippen LogP contribution in [0.4, 0.5) is 5.69 Å². The molecule has 43 heavy (non-hydrogen) atoms. The Morgan fingerprint density at radius 2 is 1.67 bits per heavy atom. The average Bonchev–Trinajstić information content (AvgIpc) is 3.36. The van der Waals surface area contributed by atoms with Crippen molar-refractivity contribution in [3.8, 4) is 11.1 Å². The smallest absolute Gasteiger partial charge is 0.268 e. The van der Waals surface area contributed by atoms with Crippen molar-refractivity contribution in [2.24, 2.45) is 0 Å². The van der Waals surface area contributed by atoms with Crippen LogP contribution in [0.25, 0.3) is 21.9 Å². The zero-order chi connectivity index (χ0) is 29.3. The lowest BCUT2D eigenvalue weighted by molar-refractivity contribution is 0.0941. The summed E-state index contributed by atoms with van der Waals surface area (Å²) in [7, 11) is 0. The van der Waals surface area contributed by atoms with Gasteiger partial charge < -0.3 is 14.8 Å². The van der Waals surface area contributed by atoms with Crippen molar-refractivity contribution >= 4 is 39.9 Å². The van der Waals surface area contributed by atoms with Crippen LogP contribution in [0, 0.1) is 0 Å². The number of amides is 2. The number of rotatable bonds is 5. The monoisotopic (exact) mass is 582 g/mol. The lowest BCUT2D eigenvalue weighted by atomic mass is 9.97. The third kappa shape index (κ3) is 5.07. The Morgan fingerprint density at radius 3 is 2.53 bits per heavy atom. The number of benzene rings is 4. The molecule has 1 aliphatic rings. The zero-order valence-electron chi connectivity index (χ0n) is 23.2. The summed E-state index contributed by atoms with van der Waals surface area (Å²) in [6.07, 6.45) is 3.44. The van der Waals surface area contributed by atoms with E-state index in [4.69, 9.17) is 11.6 Å². The topological polar surface area (TPSA) is 67.2 Å². The SMILES string of the molecule is O=C(NCc1cccnc1)c1ccc2n1Cc1ccccc1N(C(=O)c1ccc(-c3cccc4ccccc34)cc1Cl)C2. The number of nitrogens with zero attached hydrogens (tertiary/aromatic N) is 3. The van der Waals surface area contributed by atoms with Gasteiger partial charge in [-0.3, -0.25) is 14.6 Å². The molecular formula is C36H27ClN4O2. The Kier molecular flexibility index (Phi) is 6.97. The van der Waals surface area contributed by atoms with Gasteiger partial charge in [0.25, 0.3) is 11.8 Å². The minimum Gasteiger partial charge on any atom is -0.347 e. The Bertz CT molecular complexity index is 1990. The molecular weight excluding hydrogens is 556 g/mol. The maximum absolute atomic E-state index is 14.2. The molecule has 2 amide bonds. The molecule has 0 radical (unpaired) electrons. The van der Waals surface area contributed by atoms with E-state index in [0.29, 0.717) is 35.9 Å². The number of anilines is 1. The second-order valence-corrected chi connectivity index (χ2v) is 11.0. The molecule has 0 atom stereocenters. The highest BCUT2D eigenvalue weighted by atomic mass is 35.5. The van der Waals surface area contributed by atoms with Gasteiger partial charge in [0.05, 0.1) is 23.7 Å². The van der Waals surface area contributed by atoms with Crippen molar-refractivity contribution in [1.29, 1.82) is 0 Å². The van der Waals surface area contributed by atoms with E-state index < -0.39 is 0 Å². The number of halogens is 1. The molecule has 0 saturated carbocycles. The number of pyridine rings is 1. The number of hydrogen-bond acceptors (Lipinski definition) is 3. The van der Waals surface area contributed by atoms with Crippen LogP contribution in [0.2, 0.25) is 5.02 Å². The summed E-state index contributed by atoms with van der Waals surface area (Å²) in [6, 6.07) is 35.3. The number of fused-ring (bicyclic) bond motifs is 3. The summed E-state index contributed by atoms with van der Waals surface area (Å²) >= 11 is 6.83. The number of hydrogen-bond donors (Lipinski definition) is 1. The maximum atomic E-state index is 14.2. The summed E-state index contributed by atoms with van der Waals surface area (Å²) in [6.45, 7) is 1.14. The molecule has 0 unspecified atom stereocenters. The molecule has 1 aliphatic heterocycles. The van der Waals surface area contributed by atoms with Gasteiger partial charge in [-0.2, -0.15) is 0 Å². The lowest BCUT2D eigenvalue weighted by Gasteiger charge is -2.23. The second kappa shape index (κ2) is 11.2. The van der Waals surface area contributed by atoms with Crippen molar-refractivity contribution < 1.29 is 9.59 Å². The van der Waals surface area contributed by atoms with E-state index >= 15 is 0 Å². The molecule has 0 aliphatic carbocycles. The van der Waals surface area contributed by atoms with Crippen LogP contribution in [0.15, 0.2) is 122 Å². The predicted octanol–water partition coefficient (Wildman–Crippen LogP) is 7.50. The summed E-state index contributed by atoms with van der Waals surface area (Å²) < 4.78 is 1.98. The Morgan fingerprint density at radius 1 is 0.837 bits per heavy atom. The maximum Gasteiger partial charge on any atom is 0.268 e. The van der Waals surface area contributed by atoms with E-state index in [-0.39, 0.29) is 11.8 Å². The zero-order valence-corrected chi connectivity index (χ0v) is 24.0. The highest BCUT2D eigenvalue weighted by molar-refractivity contribution is 6.35. The van der Waals surface area contributed by atoms with Crippen molar-refractivity contribution in [2.75, 3.05) is 4.90 Å². The summed E-state index contributed by atoms with van der Waals surface area (Å²) in [4.78, 5) is 33.3. The normalized spacial score (nSPS) is 12.3. The number of para-hydroxylation sites is 1. The number of carbonyl (C=O) groups is 2. The van der Waals surface area contributed by atoms with Crippen LogP contribution >= 0.6 is 11.6 Å². The van der Waals surface area contributed by atoms with Crippen LogP contribution in [-0.2, 0) is 19.6 Å². The molecule has 0 fully saturated rings. The van der Waals surface area contributed by atoms with E-state index in [1.807, 2.05) is 89.5 Å². The average molecular weight is 583 g/mol. The minimum absolute atomic E-state index is 0.181. The van der Waals surface area contributed by atoms with Gasteiger partial charge in [-0.15, -0.1) is 0 Å². The summed E-state index contributed by atoms with van der Waals surface area (Å²) in [5.74, 6) is -0.376. The Balaban J connectivity index is 1.20. The van der Waals surface area contributed by atoms with Crippen molar-refractivity contribution in [3.63, 3.8) is 0 Å². The van der Waals surface area contributed by atoms with Crippen molar-refractivity contribution in [3.05, 3.63) is 155 Å². The molecule has 7 heteroatoms. The molecule has 0 spiro atoms. The van der Waals surface area contributed by atoms with Crippen molar-refractivity contribution in [1.82, 2.24) is 14.9 Å². The summed E-state index contributed by atoms with van der Waals surface area (Å²) in [5, 5.41) is 5.66. The molecule has 1 N–H and O–H groups in total. The third-order valence-electron chi connectivity index (χ3n) is 7.96. The van der Waals surface area contributed by atoms with Gasteiger partial charge in [-0.1, -0.05) is 84.4 Å². The highest BCUT2D eigenvalue weighted by Gasteiger charge is 2.28. The standard InChI is InChI=1S/C36H27ClN4O2/c37-32-19-26(30-12-5-10-25-8-1-3-11-29(25)30)14-16-31(32)36(43)41-23-28-15-17-34(35(42)39-21-24-7-6-18-38-20-24)40(28)22-27-9-2-4-13-33(27)41/h1-20H,21-23H2,(H,39,42). The molecule has 6 nitrogen and oxygen atoms in total. The molecule has 3 heterocycles.